The Labute approximate surface area is 134 Å². The van der Waals surface area contributed by atoms with Gasteiger partial charge < -0.3 is 15.4 Å². The number of methoxy groups -OCH3 is 1. The third-order valence-corrected chi connectivity index (χ3v) is 3.87. The molecule has 0 fully saturated rings. The molecule has 23 heavy (non-hydrogen) atoms. The average Bonchev–Trinajstić information content (AvgIpc) is 2.59. The van der Waals surface area contributed by atoms with Gasteiger partial charge in [0.25, 0.3) is 5.91 Å². The molecular formula is C18H18N2O3. The zero-order chi connectivity index (χ0) is 16.2. The van der Waals surface area contributed by atoms with E-state index >= 15 is 0 Å². The van der Waals surface area contributed by atoms with Gasteiger partial charge >= 0.3 is 0 Å². The molecule has 5 heteroatoms. The van der Waals surface area contributed by atoms with Crippen LogP contribution in [0.1, 0.15) is 27.9 Å². The van der Waals surface area contributed by atoms with Crippen LogP contribution >= 0.6 is 0 Å². The highest BCUT2D eigenvalue weighted by atomic mass is 16.5. The van der Waals surface area contributed by atoms with Gasteiger partial charge in [-0.15, -0.1) is 0 Å². The Morgan fingerprint density at radius 3 is 2.70 bits per heavy atom. The van der Waals surface area contributed by atoms with Crippen molar-refractivity contribution in [2.75, 3.05) is 12.4 Å². The maximum Gasteiger partial charge on any atom is 0.251 e. The van der Waals surface area contributed by atoms with Crippen LogP contribution in [0.4, 0.5) is 5.69 Å². The molecule has 0 radical (unpaired) electrons. The van der Waals surface area contributed by atoms with Gasteiger partial charge in [0.2, 0.25) is 5.91 Å². The fourth-order valence-electron chi connectivity index (χ4n) is 2.57. The summed E-state index contributed by atoms with van der Waals surface area (Å²) in [5.41, 5.74) is 3.59. The molecule has 1 heterocycles. The molecule has 2 aromatic rings. The molecule has 0 bridgehead atoms. The van der Waals surface area contributed by atoms with Crippen LogP contribution in [0.5, 0.6) is 5.75 Å². The first-order valence-corrected chi connectivity index (χ1v) is 7.49. The monoisotopic (exact) mass is 310 g/mol. The molecule has 3 rings (SSSR count). The Morgan fingerprint density at radius 1 is 1.17 bits per heavy atom. The van der Waals surface area contributed by atoms with Crippen molar-refractivity contribution in [3.05, 3.63) is 59.2 Å². The summed E-state index contributed by atoms with van der Waals surface area (Å²) < 4.78 is 5.08. The largest absolute Gasteiger partial charge is 0.497 e. The summed E-state index contributed by atoms with van der Waals surface area (Å²) in [6.45, 7) is 0.450. The van der Waals surface area contributed by atoms with E-state index in [9.17, 15) is 9.59 Å². The standard InChI is InChI=1S/C18H18N2O3/c1-23-15-6-3-13(4-7-15)18(22)19-11-12-2-8-16-14(10-12)5-9-17(21)20-16/h2-4,6-8,10H,5,9,11H2,1H3,(H,19,22)(H,20,21). The summed E-state index contributed by atoms with van der Waals surface area (Å²) >= 11 is 0. The molecule has 2 N–H and O–H groups in total. The Hall–Kier alpha value is -2.82. The Morgan fingerprint density at radius 2 is 1.96 bits per heavy atom. The van der Waals surface area contributed by atoms with Gasteiger partial charge in [-0.25, -0.2) is 0 Å². The van der Waals surface area contributed by atoms with E-state index in [-0.39, 0.29) is 11.8 Å². The molecule has 0 saturated heterocycles. The topological polar surface area (TPSA) is 67.4 Å². The van der Waals surface area contributed by atoms with Crippen LogP contribution in [0.25, 0.3) is 0 Å². The van der Waals surface area contributed by atoms with Gasteiger partial charge in [-0.3, -0.25) is 9.59 Å². The molecule has 2 amide bonds. The van der Waals surface area contributed by atoms with Crippen molar-refractivity contribution in [1.82, 2.24) is 5.32 Å². The molecule has 0 unspecified atom stereocenters. The van der Waals surface area contributed by atoms with Gasteiger partial charge in [0.05, 0.1) is 7.11 Å². The number of carbonyl (C=O) groups excluding carboxylic acids is 2. The third kappa shape index (κ3) is 3.51. The van der Waals surface area contributed by atoms with Crippen LogP contribution in [0.2, 0.25) is 0 Å². The van der Waals surface area contributed by atoms with Crippen LogP contribution in [0.3, 0.4) is 0 Å². The lowest BCUT2D eigenvalue weighted by Gasteiger charge is -2.17. The second-order valence-electron chi connectivity index (χ2n) is 5.45. The minimum atomic E-state index is -0.126. The lowest BCUT2D eigenvalue weighted by Crippen LogP contribution is -2.23. The number of aryl methyl sites for hydroxylation is 1. The molecule has 0 aliphatic carbocycles. The summed E-state index contributed by atoms with van der Waals surface area (Å²) in [6.07, 6.45) is 1.25. The van der Waals surface area contributed by atoms with Crippen molar-refractivity contribution in [3.8, 4) is 5.75 Å². The predicted molar refractivity (Wildman–Crippen MR) is 87.6 cm³/mol. The summed E-state index contributed by atoms with van der Waals surface area (Å²) in [5.74, 6) is 0.648. The Bertz CT molecular complexity index is 738. The van der Waals surface area contributed by atoms with E-state index in [2.05, 4.69) is 10.6 Å². The van der Waals surface area contributed by atoms with E-state index in [4.69, 9.17) is 4.74 Å². The van der Waals surface area contributed by atoms with E-state index in [1.165, 1.54) is 0 Å². The van der Waals surface area contributed by atoms with Crippen LogP contribution in [0, 0.1) is 0 Å². The summed E-state index contributed by atoms with van der Waals surface area (Å²) in [4.78, 5) is 23.5. The van der Waals surface area contributed by atoms with Gasteiger partial charge in [0.15, 0.2) is 0 Å². The number of benzene rings is 2. The zero-order valence-corrected chi connectivity index (χ0v) is 12.9. The van der Waals surface area contributed by atoms with E-state index in [0.29, 0.717) is 18.5 Å². The van der Waals surface area contributed by atoms with Crippen LogP contribution in [0.15, 0.2) is 42.5 Å². The van der Waals surface area contributed by atoms with Crippen LogP contribution in [-0.4, -0.2) is 18.9 Å². The Kier molecular flexibility index (Phi) is 4.28. The van der Waals surface area contributed by atoms with Crippen LogP contribution in [-0.2, 0) is 17.8 Å². The number of carbonyl (C=O) groups is 2. The van der Waals surface area contributed by atoms with Gasteiger partial charge in [-0.1, -0.05) is 12.1 Å². The molecule has 2 aromatic carbocycles. The molecule has 0 atom stereocenters. The van der Waals surface area contributed by atoms with Crippen molar-refractivity contribution in [2.24, 2.45) is 0 Å². The van der Waals surface area contributed by atoms with Crippen molar-refractivity contribution < 1.29 is 14.3 Å². The lowest BCUT2D eigenvalue weighted by molar-refractivity contribution is -0.116. The van der Waals surface area contributed by atoms with E-state index in [1.807, 2.05) is 18.2 Å². The number of fused-ring (bicyclic) bond motifs is 1. The van der Waals surface area contributed by atoms with Crippen molar-refractivity contribution >= 4 is 17.5 Å². The first-order valence-electron chi connectivity index (χ1n) is 7.49. The van der Waals surface area contributed by atoms with Gasteiger partial charge in [0.1, 0.15) is 5.75 Å². The highest BCUT2D eigenvalue weighted by molar-refractivity contribution is 5.95. The molecule has 118 valence electrons. The average molecular weight is 310 g/mol. The number of nitrogens with one attached hydrogen (secondary N) is 2. The quantitative estimate of drug-likeness (QED) is 0.912. The number of rotatable bonds is 4. The zero-order valence-electron chi connectivity index (χ0n) is 12.9. The number of hydrogen-bond acceptors (Lipinski definition) is 3. The minimum absolute atomic E-state index is 0.0538. The van der Waals surface area contributed by atoms with Crippen molar-refractivity contribution in [2.45, 2.75) is 19.4 Å². The first kappa shape index (κ1) is 15.1. The van der Waals surface area contributed by atoms with Crippen molar-refractivity contribution in [3.63, 3.8) is 0 Å². The molecule has 0 saturated carbocycles. The Balaban J connectivity index is 1.63. The summed E-state index contributed by atoms with van der Waals surface area (Å²) in [6, 6.07) is 12.8. The number of anilines is 1. The highest BCUT2D eigenvalue weighted by Gasteiger charge is 2.15. The highest BCUT2D eigenvalue weighted by Crippen LogP contribution is 2.23. The van der Waals surface area contributed by atoms with Gasteiger partial charge in [-0.05, 0) is 47.9 Å². The molecule has 5 nitrogen and oxygen atoms in total. The fraction of sp³-hybridized carbons (Fsp3) is 0.222. The summed E-state index contributed by atoms with van der Waals surface area (Å²) in [7, 11) is 1.59. The molecule has 1 aliphatic rings. The second kappa shape index (κ2) is 6.52. The maximum atomic E-state index is 12.1. The molecular weight excluding hydrogens is 292 g/mol. The van der Waals surface area contributed by atoms with E-state index < -0.39 is 0 Å². The van der Waals surface area contributed by atoms with Gasteiger partial charge in [0, 0.05) is 24.2 Å². The minimum Gasteiger partial charge on any atom is -0.497 e. The predicted octanol–water partition coefficient (Wildman–Crippen LogP) is 2.51. The first-order chi connectivity index (χ1) is 11.2. The number of hydrogen-bond donors (Lipinski definition) is 2. The van der Waals surface area contributed by atoms with Gasteiger partial charge in [-0.2, -0.15) is 0 Å². The number of amides is 2. The second-order valence-corrected chi connectivity index (χ2v) is 5.45. The van der Waals surface area contributed by atoms with E-state index in [0.717, 1.165) is 29.0 Å². The van der Waals surface area contributed by atoms with Crippen molar-refractivity contribution in [1.29, 1.82) is 0 Å². The SMILES string of the molecule is COc1ccc(C(=O)NCc2ccc3c(c2)CCC(=O)N3)cc1. The maximum absolute atomic E-state index is 12.1. The number of ether oxygens (including phenoxy) is 1. The molecule has 1 aliphatic heterocycles. The lowest BCUT2D eigenvalue weighted by atomic mass is 10.0. The smallest absolute Gasteiger partial charge is 0.251 e. The van der Waals surface area contributed by atoms with E-state index in [1.54, 1.807) is 31.4 Å². The van der Waals surface area contributed by atoms with Crippen LogP contribution < -0.4 is 15.4 Å². The summed E-state index contributed by atoms with van der Waals surface area (Å²) in [5, 5.41) is 5.75. The molecule has 0 spiro atoms. The normalized spacial score (nSPS) is 13.0. The third-order valence-electron chi connectivity index (χ3n) is 3.87. The fourth-order valence-corrected chi connectivity index (χ4v) is 2.57. The molecule has 0 aromatic heterocycles.